The molecule has 1 aliphatic heterocycles. The van der Waals surface area contributed by atoms with Gasteiger partial charge in [-0.3, -0.25) is 0 Å². The molecule has 25 heavy (non-hydrogen) atoms. The number of urea groups is 1. The van der Waals surface area contributed by atoms with Crippen molar-refractivity contribution >= 4 is 17.4 Å². The van der Waals surface area contributed by atoms with Crippen molar-refractivity contribution in [1.82, 2.24) is 4.90 Å². The summed E-state index contributed by atoms with van der Waals surface area (Å²) < 4.78 is 53.7. The SMILES string of the molecule is O=C(Nc1ccc(F)c(F)c1)N1CCN(c2c(F)cccc2F)CC1. The minimum Gasteiger partial charge on any atom is -0.363 e. The van der Waals surface area contributed by atoms with Gasteiger partial charge in [0.1, 0.15) is 17.3 Å². The first kappa shape index (κ1) is 17.1. The van der Waals surface area contributed by atoms with Crippen molar-refractivity contribution in [3.63, 3.8) is 0 Å². The molecule has 1 N–H and O–H groups in total. The van der Waals surface area contributed by atoms with Gasteiger partial charge < -0.3 is 15.1 Å². The van der Waals surface area contributed by atoms with Gasteiger partial charge in [0.2, 0.25) is 0 Å². The summed E-state index contributed by atoms with van der Waals surface area (Å²) in [5, 5.41) is 2.47. The number of rotatable bonds is 2. The predicted molar refractivity (Wildman–Crippen MR) is 85.5 cm³/mol. The molecular formula is C17H15F4N3O. The second-order valence-electron chi connectivity index (χ2n) is 5.60. The lowest BCUT2D eigenvalue weighted by Crippen LogP contribution is -2.50. The summed E-state index contributed by atoms with van der Waals surface area (Å²) in [5.74, 6) is -3.37. The molecule has 0 atom stereocenters. The van der Waals surface area contributed by atoms with E-state index in [1.165, 1.54) is 34.1 Å². The maximum atomic E-state index is 13.8. The van der Waals surface area contributed by atoms with Crippen LogP contribution in [0.5, 0.6) is 0 Å². The lowest BCUT2D eigenvalue weighted by molar-refractivity contribution is 0.208. The lowest BCUT2D eigenvalue weighted by atomic mass is 10.2. The first-order chi connectivity index (χ1) is 12.0. The first-order valence-electron chi connectivity index (χ1n) is 7.65. The normalized spacial score (nSPS) is 14.6. The number of halogens is 4. The number of amides is 2. The predicted octanol–water partition coefficient (Wildman–Crippen LogP) is 3.60. The second-order valence-corrected chi connectivity index (χ2v) is 5.60. The molecule has 4 nitrogen and oxygen atoms in total. The molecular weight excluding hydrogens is 338 g/mol. The smallest absolute Gasteiger partial charge is 0.321 e. The molecule has 0 radical (unpaired) electrons. The fourth-order valence-corrected chi connectivity index (χ4v) is 2.70. The minimum absolute atomic E-state index is 0.108. The Kier molecular flexibility index (Phi) is 4.78. The third kappa shape index (κ3) is 3.67. The van der Waals surface area contributed by atoms with Gasteiger partial charge in [-0.25, -0.2) is 22.4 Å². The van der Waals surface area contributed by atoms with Crippen molar-refractivity contribution in [1.29, 1.82) is 0 Å². The summed E-state index contributed by atoms with van der Waals surface area (Å²) in [5.41, 5.74) is 0.0228. The molecule has 3 rings (SSSR count). The molecule has 8 heteroatoms. The van der Waals surface area contributed by atoms with E-state index in [4.69, 9.17) is 0 Å². The molecule has 1 heterocycles. The van der Waals surface area contributed by atoms with E-state index in [1.54, 1.807) is 0 Å². The van der Waals surface area contributed by atoms with E-state index in [9.17, 15) is 22.4 Å². The highest BCUT2D eigenvalue weighted by Gasteiger charge is 2.25. The van der Waals surface area contributed by atoms with Crippen molar-refractivity contribution in [3.05, 3.63) is 59.7 Å². The van der Waals surface area contributed by atoms with Gasteiger partial charge in [0.25, 0.3) is 0 Å². The zero-order valence-electron chi connectivity index (χ0n) is 13.1. The van der Waals surface area contributed by atoms with Crippen LogP contribution in [0.3, 0.4) is 0 Å². The number of anilines is 2. The second kappa shape index (κ2) is 7.00. The van der Waals surface area contributed by atoms with E-state index < -0.39 is 29.3 Å². The van der Waals surface area contributed by atoms with E-state index in [2.05, 4.69) is 5.32 Å². The van der Waals surface area contributed by atoms with Crippen LogP contribution in [0.25, 0.3) is 0 Å². The Labute approximate surface area is 141 Å². The van der Waals surface area contributed by atoms with Crippen LogP contribution in [0.1, 0.15) is 0 Å². The average molecular weight is 353 g/mol. The summed E-state index contributed by atoms with van der Waals surface area (Å²) in [6.45, 7) is 0.985. The largest absolute Gasteiger partial charge is 0.363 e. The molecule has 0 spiro atoms. The highest BCUT2D eigenvalue weighted by Crippen LogP contribution is 2.24. The van der Waals surface area contributed by atoms with Crippen LogP contribution in [0.4, 0.5) is 33.7 Å². The van der Waals surface area contributed by atoms with Gasteiger partial charge in [-0.15, -0.1) is 0 Å². The van der Waals surface area contributed by atoms with Crippen LogP contribution in [-0.4, -0.2) is 37.1 Å². The Bertz CT molecular complexity index is 771. The number of hydrogen-bond acceptors (Lipinski definition) is 2. The highest BCUT2D eigenvalue weighted by molar-refractivity contribution is 5.89. The van der Waals surface area contributed by atoms with Gasteiger partial charge in [-0.1, -0.05) is 6.07 Å². The van der Waals surface area contributed by atoms with Gasteiger partial charge >= 0.3 is 6.03 Å². The van der Waals surface area contributed by atoms with Crippen molar-refractivity contribution in [2.45, 2.75) is 0 Å². The molecule has 0 unspecified atom stereocenters. The van der Waals surface area contributed by atoms with Gasteiger partial charge in [0, 0.05) is 37.9 Å². The van der Waals surface area contributed by atoms with Crippen molar-refractivity contribution < 1.29 is 22.4 Å². The molecule has 1 saturated heterocycles. The standard InChI is InChI=1S/C17H15F4N3O/c18-12-5-4-11(10-15(12)21)22-17(25)24-8-6-23(7-9-24)16-13(19)2-1-3-14(16)20/h1-5,10H,6-9H2,(H,22,25). The van der Waals surface area contributed by atoms with Crippen LogP contribution in [0.2, 0.25) is 0 Å². The molecule has 1 aliphatic rings. The summed E-state index contributed by atoms with van der Waals surface area (Å²) in [6.07, 6.45) is 0. The Morgan fingerprint density at radius 2 is 1.48 bits per heavy atom. The van der Waals surface area contributed by atoms with Crippen LogP contribution >= 0.6 is 0 Å². The third-order valence-electron chi connectivity index (χ3n) is 3.99. The van der Waals surface area contributed by atoms with Crippen molar-refractivity contribution in [3.8, 4) is 0 Å². The number of nitrogens with zero attached hydrogens (tertiary/aromatic N) is 2. The Balaban J connectivity index is 1.62. The average Bonchev–Trinajstić information content (AvgIpc) is 2.58. The van der Waals surface area contributed by atoms with Gasteiger partial charge in [-0.05, 0) is 24.3 Å². The van der Waals surface area contributed by atoms with E-state index >= 15 is 0 Å². The number of benzene rings is 2. The maximum absolute atomic E-state index is 13.8. The zero-order chi connectivity index (χ0) is 18.0. The fourth-order valence-electron chi connectivity index (χ4n) is 2.70. The molecule has 0 aliphatic carbocycles. The Morgan fingerprint density at radius 3 is 2.08 bits per heavy atom. The van der Waals surface area contributed by atoms with Crippen molar-refractivity contribution in [2.75, 3.05) is 36.4 Å². The summed E-state index contributed by atoms with van der Waals surface area (Å²) in [4.78, 5) is 15.1. The lowest BCUT2D eigenvalue weighted by Gasteiger charge is -2.36. The minimum atomic E-state index is -1.06. The molecule has 2 aromatic carbocycles. The third-order valence-corrected chi connectivity index (χ3v) is 3.99. The molecule has 0 aromatic heterocycles. The van der Waals surface area contributed by atoms with Gasteiger partial charge in [-0.2, -0.15) is 0 Å². The van der Waals surface area contributed by atoms with Gasteiger partial charge in [0.15, 0.2) is 11.6 Å². The molecule has 132 valence electrons. The summed E-state index contributed by atoms with van der Waals surface area (Å²) in [7, 11) is 0. The molecule has 2 aromatic rings. The number of hydrogen-bond donors (Lipinski definition) is 1. The number of nitrogens with one attached hydrogen (secondary N) is 1. The van der Waals surface area contributed by atoms with E-state index in [1.807, 2.05) is 0 Å². The summed E-state index contributed by atoms with van der Waals surface area (Å²) in [6, 6.07) is 6.23. The Hall–Kier alpha value is -2.77. The number of piperazine rings is 1. The summed E-state index contributed by atoms with van der Waals surface area (Å²) >= 11 is 0. The quantitative estimate of drug-likeness (QED) is 0.838. The Morgan fingerprint density at radius 1 is 0.840 bits per heavy atom. The van der Waals surface area contributed by atoms with E-state index in [0.29, 0.717) is 0 Å². The number of carbonyl (C=O) groups is 1. The monoisotopic (exact) mass is 353 g/mol. The van der Waals surface area contributed by atoms with Crippen molar-refractivity contribution in [2.24, 2.45) is 0 Å². The maximum Gasteiger partial charge on any atom is 0.321 e. The van der Waals surface area contributed by atoms with E-state index in [-0.39, 0.29) is 37.6 Å². The van der Waals surface area contributed by atoms with Crippen LogP contribution in [-0.2, 0) is 0 Å². The van der Waals surface area contributed by atoms with Crippen LogP contribution in [0.15, 0.2) is 36.4 Å². The topological polar surface area (TPSA) is 35.6 Å². The molecule has 2 amide bonds. The zero-order valence-corrected chi connectivity index (χ0v) is 13.1. The fraction of sp³-hybridized carbons (Fsp3) is 0.235. The van der Waals surface area contributed by atoms with Crippen LogP contribution < -0.4 is 10.2 Å². The highest BCUT2D eigenvalue weighted by atomic mass is 19.2. The van der Waals surface area contributed by atoms with Crippen LogP contribution in [0, 0.1) is 23.3 Å². The van der Waals surface area contributed by atoms with Gasteiger partial charge in [0.05, 0.1) is 0 Å². The molecule has 0 bridgehead atoms. The molecule has 0 saturated carbocycles. The molecule has 1 fully saturated rings. The number of para-hydroxylation sites is 1. The first-order valence-corrected chi connectivity index (χ1v) is 7.65. The number of carbonyl (C=O) groups excluding carboxylic acids is 1. The van der Waals surface area contributed by atoms with E-state index in [0.717, 1.165) is 12.1 Å².